The summed E-state index contributed by atoms with van der Waals surface area (Å²) in [5.41, 5.74) is 1.11. The fraction of sp³-hybridized carbons (Fsp3) is 0.571. The third-order valence-electron chi connectivity index (χ3n) is 3.39. The fourth-order valence-electron chi connectivity index (χ4n) is 2.22. The van der Waals surface area contributed by atoms with Crippen LogP contribution in [0, 0.1) is 0 Å². The molecule has 2 fully saturated rings. The van der Waals surface area contributed by atoms with Gasteiger partial charge in [0.15, 0.2) is 11.5 Å². The molecule has 0 bridgehead atoms. The topological polar surface area (TPSA) is 49.0 Å². The van der Waals surface area contributed by atoms with E-state index in [9.17, 15) is 0 Å². The predicted octanol–water partition coefficient (Wildman–Crippen LogP) is 1.13. The van der Waals surface area contributed by atoms with Gasteiger partial charge >= 0.3 is 0 Å². The molecule has 1 aromatic rings. The SMILES string of the molecule is COc1cc(C2CNCCO2)ccc1OC1COC1. The van der Waals surface area contributed by atoms with Crippen molar-refractivity contribution in [2.24, 2.45) is 0 Å². The van der Waals surface area contributed by atoms with Crippen molar-refractivity contribution in [3.8, 4) is 11.5 Å². The minimum Gasteiger partial charge on any atom is -0.493 e. The molecule has 104 valence electrons. The molecule has 0 aromatic heterocycles. The van der Waals surface area contributed by atoms with Crippen LogP contribution in [0.3, 0.4) is 0 Å². The quantitative estimate of drug-likeness (QED) is 0.884. The van der Waals surface area contributed by atoms with Crippen molar-refractivity contribution in [1.29, 1.82) is 0 Å². The van der Waals surface area contributed by atoms with Crippen molar-refractivity contribution >= 4 is 0 Å². The van der Waals surface area contributed by atoms with Gasteiger partial charge in [-0.25, -0.2) is 0 Å². The zero-order valence-electron chi connectivity index (χ0n) is 11.1. The molecule has 0 aliphatic carbocycles. The van der Waals surface area contributed by atoms with E-state index in [0.717, 1.165) is 36.8 Å². The Kier molecular flexibility index (Phi) is 3.87. The van der Waals surface area contributed by atoms with Gasteiger partial charge in [-0.2, -0.15) is 0 Å². The highest BCUT2D eigenvalue weighted by molar-refractivity contribution is 5.44. The van der Waals surface area contributed by atoms with Gasteiger partial charge in [0.05, 0.1) is 33.0 Å². The van der Waals surface area contributed by atoms with Crippen LogP contribution in [0.2, 0.25) is 0 Å². The molecule has 1 aromatic carbocycles. The van der Waals surface area contributed by atoms with Crippen molar-refractivity contribution in [2.45, 2.75) is 12.2 Å². The first kappa shape index (κ1) is 12.7. The van der Waals surface area contributed by atoms with E-state index >= 15 is 0 Å². The molecule has 5 heteroatoms. The van der Waals surface area contributed by atoms with E-state index in [0.29, 0.717) is 13.2 Å². The third kappa shape index (κ3) is 2.83. The fourth-order valence-corrected chi connectivity index (χ4v) is 2.22. The molecular weight excluding hydrogens is 246 g/mol. The molecule has 1 atom stereocenters. The van der Waals surface area contributed by atoms with Gasteiger partial charge in [-0.1, -0.05) is 6.07 Å². The van der Waals surface area contributed by atoms with Crippen molar-refractivity contribution < 1.29 is 18.9 Å². The maximum atomic E-state index is 5.81. The number of hydrogen-bond donors (Lipinski definition) is 1. The average molecular weight is 265 g/mol. The molecule has 3 rings (SSSR count). The Hall–Kier alpha value is -1.30. The standard InChI is InChI=1S/C14H19NO4/c1-16-13-6-10(14-7-15-4-5-18-14)2-3-12(13)19-11-8-17-9-11/h2-3,6,11,14-15H,4-5,7-9H2,1H3. The summed E-state index contributed by atoms with van der Waals surface area (Å²) >= 11 is 0. The van der Waals surface area contributed by atoms with Gasteiger partial charge in [0.2, 0.25) is 0 Å². The minimum absolute atomic E-state index is 0.0868. The second-order valence-electron chi connectivity index (χ2n) is 4.75. The first-order valence-electron chi connectivity index (χ1n) is 6.61. The normalized spacial score (nSPS) is 23.7. The summed E-state index contributed by atoms with van der Waals surface area (Å²) in [6.07, 6.45) is 0.232. The number of benzene rings is 1. The second kappa shape index (κ2) is 5.77. The summed E-state index contributed by atoms with van der Waals surface area (Å²) in [6.45, 7) is 3.79. The molecule has 5 nitrogen and oxygen atoms in total. The van der Waals surface area contributed by atoms with E-state index in [-0.39, 0.29) is 12.2 Å². The largest absolute Gasteiger partial charge is 0.493 e. The van der Waals surface area contributed by atoms with Crippen LogP contribution < -0.4 is 14.8 Å². The molecule has 0 saturated carbocycles. The summed E-state index contributed by atoms with van der Waals surface area (Å²) in [7, 11) is 1.66. The Balaban J connectivity index is 1.75. The summed E-state index contributed by atoms with van der Waals surface area (Å²) in [5, 5.41) is 3.32. The highest BCUT2D eigenvalue weighted by atomic mass is 16.6. The zero-order chi connectivity index (χ0) is 13.1. The second-order valence-corrected chi connectivity index (χ2v) is 4.75. The molecule has 1 N–H and O–H groups in total. The van der Waals surface area contributed by atoms with E-state index in [4.69, 9.17) is 18.9 Å². The van der Waals surface area contributed by atoms with E-state index in [1.165, 1.54) is 0 Å². The summed E-state index contributed by atoms with van der Waals surface area (Å²) in [6, 6.07) is 5.98. The Morgan fingerprint density at radius 1 is 1.26 bits per heavy atom. The number of ether oxygens (including phenoxy) is 4. The Labute approximate surface area is 112 Å². The van der Waals surface area contributed by atoms with Crippen LogP contribution in [0.1, 0.15) is 11.7 Å². The molecule has 0 amide bonds. The number of methoxy groups -OCH3 is 1. The lowest BCUT2D eigenvalue weighted by atomic mass is 10.1. The predicted molar refractivity (Wildman–Crippen MR) is 69.8 cm³/mol. The molecule has 0 radical (unpaired) electrons. The lowest BCUT2D eigenvalue weighted by Gasteiger charge is -2.28. The maximum absolute atomic E-state index is 5.81. The van der Waals surface area contributed by atoms with Crippen molar-refractivity contribution in [1.82, 2.24) is 5.32 Å². The maximum Gasteiger partial charge on any atom is 0.161 e. The molecule has 19 heavy (non-hydrogen) atoms. The molecule has 0 spiro atoms. The molecular formula is C14H19NO4. The smallest absolute Gasteiger partial charge is 0.161 e. The van der Waals surface area contributed by atoms with E-state index < -0.39 is 0 Å². The first-order valence-corrected chi connectivity index (χ1v) is 6.61. The average Bonchev–Trinajstić information content (AvgIpc) is 2.44. The molecule has 2 saturated heterocycles. The van der Waals surface area contributed by atoms with Crippen molar-refractivity contribution in [3.05, 3.63) is 23.8 Å². The van der Waals surface area contributed by atoms with Gasteiger partial charge in [0.1, 0.15) is 6.10 Å². The van der Waals surface area contributed by atoms with Gasteiger partial charge in [-0.15, -0.1) is 0 Å². The molecule has 2 aliphatic heterocycles. The summed E-state index contributed by atoms with van der Waals surface area (Å²) in [4.78, 5) is 0. The van der Waals surface area contributed by atoms with Crippen molar-refractivity contribution in [2.75, 3.05) is 40.0 Å². The van der Waals surface area contributed by atoms with E-state index in [1.54, 1.807) is 7.11 Å². The minimum atomic E-state index is 0.0868. The zero-order valence-corrected chi connectivity index (χ0v) is 11.1. The van der Waals surface area contributed by atoms with Crippen LogP contribution in [0.5, 0.6) is 11.5 Å². The van der Waals surface area contributed by atoms with Gasteiger partial charge < -0.3 is 24.3 Å². The van der Waals surface area contributed by atoms with Crippen LogP contribution in [-0.4, -0.2) is 46.1 Å². The molecule has 2 heterocycles. The van der Waals surface area contributed by atoms with Gasteiger partial charge in [0.25, 0.3) is 0 Å². The Morgan fingerprint density at radius 3 is 2.79 bits per heavy atom. The van der Waals surface area contributed by atoms with Crippen molar-refractivity contribution in [3.63, 3.8) is 0 Å². The van der Waals surface area contributed by atoms with Crippen LogP contribution in [0.15, 0.2) is 18.2 Å². The van der Waals surface area contributed by atoms with Crippen LogP contribution in [0.4, 0.5) is 0 Å². The Morgan fingerprint density at radius 2 is 2.16 bits per heavy atom. The summed E-state index contributed by atoms with van der Waals surface area (Å²) in [5.74, 6) is 1.52. The Bertz CT molecular complexity index is 427. The highest BCUT2D eigenvalue weighted by Crippen LogP contribution is 2.33. The highest BCUT2D eigenvalue weighted by Gasteiger charge is 2.23. The number of nitrogens with one attached hydrogen (secondary N) is 1. The van der Waals surface area contributed by atoms with Gasteiger partial charge in [0, 0.05) is 13.1 Å². The van der Waals surface area contributed by atoms with Crippen LogP contribution >= 0.6 is 0 Å². The van der Waals surface area contributed by atoms with Crippen LogP contribution in [-0.2, 0) is 9.47 Å². The number of morpholine rings is 1. The number of hydrogen-bond acceptors (Lipinski definition) is 5. The number of rotatable bonds is 4. The monoisotopic (exact) mass is 265 g/mol. The molecule has 1 unspecified atom stereocenters. The first-order chi connectivity index (χ1) is 9.36. The molecule has 2 aliphatic rings. The van der Waals surface area contributed by atoms with Gasteiger partial charge in [-0.05, 0) is 17.7 Å². The van der Waals surface area contributed by atoms with E-state index in [1.807, 2.05) is 18.2 Å². The van der Waals surface area contributed by atoms with Crippen LogP contribution in [0.25, 0.3) is 0 Å². The van der Waals surface area contributed by atoms with E-state index in [2.05, 4.69) is 5.32 Å². The summed E-state index contributed by atoms with van der Waals surface area (Å²) < 4.78 is 22.1. The van der Waals surface area contributed by atoms with Gasteiger partial charge in [-0.3, -0.25) is 0 Å². The third-order valence-corrected chi connectivity index (χ3v) is 3.39. The lowest BCUT2D eigenvalue weighted by Crippen LogP contribution is -2.38. The lowest BCUT2D eigenvalue weighted by molar-refractivity contribution is -0.0803.